The molecule has 1 atom stereocenters. The maximum atomic E-state index is 12.9. The molecule has 1 unspecified atom stereocenters. The van der Waals surface area contributed by atoms with Gasteiger partial charge in [-0.25, -0.2) is 13.2 Å². The molecule has 0 heterocycles. The lowest BCUT2D eigenvalue weighted by molar-refractivity contribution is 0.0948. The van der Waals surface area contributed by atoms with Crippen molar-refractivity contribution in [2.75, 3.05) is 20.3 Å². The molecule has 0 spiro atoms. The lowest BCUT2D eigenvalue weighted by atomic mass is 10.2. The van der Waals surface area contributed by atoms with Crippen LogP contribution >= 0.6 is 11.6 Å². The smallest absolute Gasteiger partial charge is 0.251 e. The summed E-state index contributed by atoms with van der Waals surface area (Å²) in [6.45, 7) is 0.281. The van der Waals surface area contributed by atoms with Crippen molar-refractivity contribution in [3.05, 3.63) is 35.1 Å². The lowest BCUT2D eigenvalue weighted by Gasteiger charge is -2.10. The summed E-state index contributed by atoms with van der Waals surface area (Å²) in [7, 11) is 1.45. The topological polar surface area (TPSA) is 38.3 Å². The van der Waals surface area contributed by atoms with Crippen LogP contribution in [0.3, 0.4) is 0 Å². The van der Waals surface area contributed by atoms with E-state index >= 15 is 0 Å². The average Bonchev–Trinajstić information content (AvgIpc) is 2.32. The van der Waals surface area contributed by atoms with Crippen molar-refractivity contribution >= 4 is 17.5 Å². The maximum absolute atomic E-state index is 12.9. The molecule has 1 N–H and O–H groups in total. The molecular formula is C11H11ClF3NO2. The first-order valence-electron chi connectivity index (χ1n) is 5.01. The minimum atomic E-state index is -1.61. The molecule has 0 bridgehead atoms. The van der Waals surface area contributed by atoms with Gasteiger partial charge in [0.2, 0.25) is 0 Å². The van der Waals surface area contributed by atoms with E-state index in [0.717, 1.165) is 0 Å². The number of carbonyl (C=O) groups is 1. The van der Waals surface area contributed by atoms with Gasteiger partial charge in [-0.3, -0.25) is 4.79 Å². The van der Waals surface area contributed by atoms with E-state index < -0.39 is 28.7 Å². The van der Waals surface area contributed by atoms with Crippen molar-refractivity contribution < 1.29 is 22.7 Å². The second kappa shape index (κ2) is 6.61. The van der Waals surface area contributed by atoms with Crippen molar-refractivity contribution in [2.45, 2.75) is 5.38 Å². The lowest BCUT2D eigenvalue weighted by Crippen LogP contribution is -2.31. The molecule has 7 heteroatoms. The fourth-order valence-corrected chi connectivity index (χ4v) is 1.44. The molecule has 18 heavy (non-hydrogen) atoms. The summed E-state index contributed by atoms with van der Waals surface area (Å²) in [5.74, 6) is -5.19. The standard InChI is InChI=1S/C11H11ClF3NO2/c1-18-5-7(12)4-16-11(17)6-2-8(13)10(15)9(14)3-6/h2-3,7H,4-5H2,1H3,(H,16,17). The second-order valence-electron chi connectivity index (χ2n) is 3.52. The normalized spacial score (nSPS) is 12.3. The Hall–Kier alpha value is -1.27. The van der Waals surface area contributed by atoms with Crippen LogP contribution in [0.2, 0.25) is 0 Å². The fourth-order valence-electron chi connectivity index (χ4n) is 1.23. The van der Waals surface area contributed by atoms with Gasteiger partial charge in [0.05, 0.1) is 12.0 Å². The van der Waals surface area contributed by atoms with E-state index in [4.69, 9.17) is 16.3 Å². The third kappa shape index (κ3) is 3.89. The number of hydrogen-bond donors (Lipinski definition) is 1. The van der Waals surface area contributed by atoms with Gasteiger partial charge >= 0.3 is 0 Å². The molecule has 0 aliphatic carbocycles. The Kier molecular flexibility index (Phi) is 5.43. The SMILES string of the molecule is COCC(Cl)CNC(=O)c1cc(F)c(F)c(F)c1. The Bertz CT molecular complexity index is 419. The Balaban J connectivity index is 2.67. The van der Waals surface area contributed by atoms with Gasteiger partial charge in [0.1, 0.15) is 0 Å². The summed E-state index contributed by atoms with van der Waals surface area (Å²) in [5.41, 5.74) is -0.312. The van der Waals surface area contributed by atoms with Crippen LogP contribution in [0, 0.1) is 17.5 Å². The van der Waals surface area contributed by atoms with Crippen molar-refractivity contribution in [3.63, 3.8) is 0 Å². The van der Waals surface area contributed by atoms with Crippen molar-refractivity contribution in [1.82, 2.24) is 5.32 Å². The molecule has 3 nitrogen and oxygen atoms in total. The predicted octanol–water partition coefficient (Wildman–Crippen LogP) is 2.09. The average molecular weight is 282 g/mol. The van der Waals surface area contributed by atoms with Gasteiger partial charge in [-0.05, 0) is 12.1 Å². The number of carbonyl (C=O) groups excluding carboxylic acids is 1. The van der Waals surface area contributed by atoms with Crippen LogP contribution < -0.4 is 5.32 Å². The van der Waals surface area contributed by atoms with Gasteiger partial charge in [-0.15, -0.1) is 11.6 Å². The highest BCUT2D eigenvalue weighted by molar-refractivity contribution is 6.21. The highest BCUT2D eigenvalue weighted by Crippen LogP contribution is 2.13. The van der Waals surface area contributed by atoms with Gasteiger partial charge in [0.25, 0.3) is 5.91 Å². The minimum Gasteiger partial charge on any atom is -0.383 e. The highest BCUT2D eigenvalue weighted by Gasteiger charge is 2.15. The second-order valence-corrected chi connectivity index (χ2v) is 4.13. The van der Waals surface area contributed by atoms with Crippen molar-refractivity contribution in [3.8, 4) is 0 Å². The third-order valence-electron chi connectivity index (χ3n) is 2.08. The van der Waals surface area contributed by atoms with E-state index in [0.29, 0.717) is 12.1 Å². The van der Waals surface area contributed by atoms with Gasteiger partial charge in [0.15, 0.2) is 17.5 Å². The van der Waals surface area contributed by atoms with Gasteiger partial charge < -0.3 is 10.1 Å². The Morgan fingerprint density at radius 2 is 1.94 bits per heavy atom. The van der Waals surface area contributed by atoms with Crippen LogP contribution in [-0.2, 0) is 4.74 Å². The molecule has 1 aromatic carbocycles. The number of nitrogens with one attached hydrogen (secondary N) is 1. The first-order chi connectivity index (χ1) is 8.45. The van der Waals surface area contributed by atoms with Crippen molar-refractivity contribution in [2.24, 2.45) is 0 Å². The van der Waals surface area contributed by atoms with Crippen LogP contribution in [0.4, 0.5) is 13.2 Å². The first kappa shape index (κ1) is 14.8. The summed E-state index contributed by atoms with van der Waals surface area (Å²) in [4.78, 5) is 11.5. The van der Waals surface area contributed by atoms with Gasteiger partial charge in [-0.1, -0.05) is 0 Å². The summed E-state index contributed by atoms with van der Waals surface area (Å²) in [6.07, 6.45) is 0. The number of halogens is 4. The number of methoxy groups -OCH3 is 1. The summed E-state index contributed by atoms with van der Waals surface area (Å²) < 4.78 is 43.2. The van der Waals surface area contributed by atoms with E-state index in [1.165, 1.54) is 7.11 Å². The molecule has 0 aromatic heterocycles. The van der Waals surface area contributed by atoms with Gasteiger partial charge in [-0.2, -0.15) is 0 Å². The minimum absolute atomic E-state index is 0.0643. The fraction of sp³-hybridized carbons (Fsp3) is 0.364. The molecule has 0 saturated heterocycles. The monoisotopic (exact) mass is 281 g/mol. The molecule has 0 fully saturated rings. The number of ether oxygens (including phenoxy) is 1. The van der Waals surface area contributed by atoms with Crippen LogP contribution in [-0.4, -0.2) is 31.5 Å². The van der Waals surface area contributed by atoms with E-state index in [2.05, 4.69) is 5.32 Å². The third-order valence-corrected chi connectivity index (χ3v) is 2.36. The first-order valence-corrected chi connectivity index (χ1v) is 5.45. The molecule has 0 aliphatic rings. The predicted molar refractivity (Wildman–Crippen MR) is 60.2 cm³/mol. The van der Waals surface area contributed by atoms with E-state index in [1.807, 2.05) is 0 Å². The summed E-state index contributed by atoms with van der Waals surface area (Å²) in [5, 5.41) is 1.89. The Labute approximate surface area is 107 Å². The number of alkyl halides is 1. The molecule has 1 amide bonds. The summed E-state index contributed by atoms with van der Waals surface area (Å²) >= 11 is 5.75. The van der Waals surface area contributed by atoms with E-state index in [-0.39, 0.29) is 18.7 Å². The molecular weight excluding hydrogens is 271 g/mol. The molecule has 100 valence electrons. The Morgan fingerprint density at radius 3 is 2.44 bits per heavy atom. The molecule has 1 aromatic rings. The summed E-state index contributed by atoms with van der Waals surface area (Å²) in [6, 6.07) is 1.24. The van der Waals surface area contributed by atoms with Crippen LogP contribution in [0.5, 0.6) is 0 Å². The number of rotatable bonds is 5. The Morgan fingerprint density at radius 1 is 1.39 bits per heavy atom. The number of benzene rings is 1. The molecule has 0 radical (unpaired) electrons. The van der Waals surface area contributed by atoms with Crippen LogP contribution in [0.15, 0.2) is 12.1 Å². The molecule has 0 aliphatic heterocycles. The zero-order valence-corrected chi connectivity index (χ0v) is 10.2. The van der Waals surface area contributed by atoms with E-state index in [1.54, 1.807) is 0 Å². The van der Waals surface area contributed by atoms with Gasteiger partial charge in [0, 0.05) is 19.2 Å². The zero-order chi connectivity index (χ0) is 13.7. The maximum Gasteiger partial charge on any atom is 0.251 e. The number of hydrogen-bond acceptors (Lipinski definition) is 2. The van der Waals surface area contributed by atoms with Crippen molar-refractivity contribution in [1.29, 1.82) is 0 Å². The highest BCUT2D eigenvalue weighted by atomic mass is 35.5. The van der Waals surface area contributed by atoms with Crippen LogP contribution in [0.25, 0.3) is 0 Å². The quantitative estimate of drug-likeness (QED) is 0.663. The van der Waals surface area contributed by atoms with E-state index in [9.17, 15) is 18.0 Å². The largest absolute Gasteiger partial charge is 0.383 e. The number of amides is 1. The zero-order valence-electron chi connectivity index (χ0n) is 9.47. The molecule has 0 saturated carbocycles. The van der Waals surface area contributed by atoms with Crippen LogP contribution in [0.1, 0.15) is 10.4 Å². The molecule has 1 rings (SSSR count).